The molecule has 0 saturated carbocycles. The number of rotatable bonds is 8. The lowest BCUT2D eigenvalue weighted by Crippen LogP contribution is -2.78. The van der Waals surface area contributed by atoms with Gasteiger partial charge in [-0.05, 0) is 121 Å². The lowest BCUT2D eigenvalue weighted by atomic mass is 9.65. The Hall–Kier alpha value is -7.82. The summed E-state index contributed by atoms with van der Waals surface area (Å²) in [6, 6.07) is 70.2. The highest BCUT2D eigenvalue weighted by molar-refractivity contribution is 6.00. The average molecular weight is 936 g/mol. The van der Waals surface area contributed by atoms with Crippen molar-refractivity contribution in [2.45, 2.75) is 85.4 Å². The molecule has 72 heavy (non-hydrogen) atoms. The zero-order valence-corrected chi connectivity index (χ0v) is 42.9. The number of hydrogen-bond donors (Lipinski definition) is 0. The van der Waals surface area contributed by atoms with Gasteiger partial charge >= 0.3 is 11.7 Å². The highest BCUT2D eigenvalue weighted by Crippen LogP contribution is 2.56. The van der Waals surface area contributed by atoms with Crippen LogP contribution in [0, 0.1) is 5.41 Å². The van der Waals surface area contributed by atoms with Crippen LogP contribution in [-0.2, 0) is 11.3 Å². The molecule has 2 aromatic heterocycles. The summed E-state index contributed by atoms with van der Waals surface area (Å²) in [5, 5.41) is 0. The van der Waals surface area contributed by atoms with Crippen molar-refractivity contribution in [2.24, 2.45) is 5.41 Å². The van der Waals surface area contributed by atoms with Crippen LogP contribution in [0.1, 0.15) is 96.4 Å². The molecule has 0 N–H and O–H groups in total. The summed E-state index contributed by atoms with van der Waals surface area (Å²) in [4.78, 5) is 0. The molecule has 352 valence electrons. The SMILES string of the molecule is CC(C)c1cc2c(c(C(C)C)c1)OC13c4c(cc(-c5ccccc5)cc4-c4cc(-c5ccc(-c6ccccc6)cc5)cc[n+]41)-c1cccc4c1[n+]3c-2n4-c1ccc(C(C)(C)C(C)(C)C)cc1-c1ccccc1. The first kappa shape index (κ1) is 44.1. The first-order valence-electron chi connectivity index (χ1n) is 25.9. The molecule has 4 heteroatoms. The van der Waals surface area contributed by atoms with Crippen LogP contribution in [0.5, 0.6) is 5.75 Å². The fourth-order valence-corrected chi connectivity index (χ4v) is 11.9. The lowest BCUT2D eigenvalue weighted by molar-refractivity contribution is -0.997. The fourth-order valence-electron chi connectivity index (χ4n) is 11.9. The molecule has 1 spiro atoms. The molecule has 0 bridgehead atoms. The number of para-hydroxylation sites is 1. The summed E-state index contributed by atoms with van der Waals surface area (Å²) in [7, 11) is 0. The van der Waals surface area contributed by atoms with E-state index in [-0.39, 0.29) is 16.7 Å². The van der Waals surface area contributed by atoms with Gasteiger partial charge in [-0.25, -0.2) is 0 Å². The topological polar surface area (TPSA) is 21.9 Å². The van der Waals surface area contributed by atoms with Crippen molar-refractivity contribution in [2.75, 3.05) is 0 Å². The molecule has 8 aromatic carbocycles. The summed E-state index contributed by atoms with van der Waals surface area (Å²) in [5.41, 5.74) is 23.7. The van der Waals surface area contributed by atoms with Gasteiger partial charge in [-0.2, -0.15) is 4.57 Å². The Bertz CT molecular complexity index is 3820. The maximum atomic E-state index is 8.16. The van der Waals surface area contributed by atoms with E-state index in [1.165, 1.54) is 77.9 Å². The molecule has 4 nitrogen and oxygen atoms in total. The van der Waals surface area contributed by atoms with Gasteiger partial charge < -0.3 is 4.74 Å². The van der Waals surface area contributed by atoms with Crippen molar-refractivity contribution in [1.82, 2.24) is 4.57 Å². The van der Waals surface area contributed by atoms with Crippen molar-refractivity contribution in [3.8, 4) is 89.7 Å². The normalized spacial score (nSPS) is 15.2. The van der Waals surface area contributed by atoms with Crippen LogP contribution in [0.2, 0.25) is 0 Å². The molecule has 0 saturated heterocycles. The summed E-state index contributed by atoms with van der Waals surface area (Å²) in [5.74, 6) is 1.46. The molecule has 1 unspecified atom stereocenters. The number of nitrogens with zero attached hydrogens (tertiary/aromatic N) is 3. The molecular formula is C68H61N3O+2. The van der Waals surface area contributed by atoms with Gasteiger partial charge in [0.25, 0.3) is 0 Å². The Kier molecular flexibility index (Phi) is 9.71. The Morgan fingerprint density at radius 1 is 0.486 bits per heavy atom. The molecular weight excluding hydrogens is 875 g/mol. The van der Waals surface area contributed by atoms with Crippen LogP contribution in [0.4, 0.5) is 0 Å². The minimum Gasteiger partial charge on any atom is -0.392 e. The van der Waals surface area contributed by atoms with Crippen molar-refractivity contribution < 1.29 is 13.9 Å². The predicted octanol–water partition coefficient (Wildman–Crippen LogP) is 16.7. The third-order valence-corrected chi connectivity index (χ3v) is 16.8. The quantitative estimate of drug-likeness (QED) is 0.139. The summed E-state index contributed by atoms with van der Waals surface area (Å²) >= 11 is 0. The highest BCUT2D eigenvalue weighted by Gasteiger charge is 2.69. The van der Waals surface area contributed by atoms with Gasteiger partial charge in [0.05, 0.1) is 5.56 Å². The first-order valence-corrected chi connectivity index (χ1v) is 25.9. The number of benzene rings is 8. The van der Waals surface area contributed by atoms with Gasteiger partial charge in [0.1, 0.15) is 16.8 Å². The first-order chi connectivity index (χ1) is 34.7. The third kappa shape index (κ3) is 6.30. The molecule has 3 aliphatic rings. The number of pyridine rings is 1. The van der Waals surface area contributed by atoms with Crippen LogP contribution in [0.15, 0.2) is 194 Å². The van der Waals surface area contributed by atoms with E-state index in [0.717, 1.165) is 45.1 Å². The largest absolute Gasteiger partial charge is 0.499 e. The zero-order valence-electron chi connectivity index (χ0n) is 42.9. The van der Waals surface area contributed by atoms with E-state index >= 15 is 0 Å². The van der Waals surface area contributed by atoms with Crippen LogP contribution in [-0.4, -0.2) is 4.57 Å². The van der Waals surface area contributed by atoms with Crippen LogP contribution < -0.4 is 13.9 Å². The summed E-state index contributed by atoms with van der Waals surface area (Å²) in [6.07, 6.45) is 2.30. The van der Waals surface area contributed by atoms with Crippen molar-refractivity contribution >= 4 is 11.0 Å². The van der Waals surface area contributed by atoms with E-state index in [9.17, 15) is 0 Å². The molecule has 13 rings (SSSR count). The van der Waals surface area contributed by atoms with E-state index in [0.29, 0.717) is 5.92 Å². The third-order valence-electron chi connectivity index (χ3n) is 16.8. The predicted molar refractivity (Wildman–Crippen MR) is 295 cm³/mol. The lowest BCUT2D eigenvalue weighted by Gasteiger charge is -2.39. The number of hydrogen-bond acceptors (Lipinski definition) is 1. The zero-order chi connectivity index (χ0) is 49.4. The van der Waals surface area contributed by atoms with Gasteiger partial charge in [0, 0.05) is 28.8 Å². The van der Waals surface area contributed by atoms with E-state index in [2.05, 4.69) is 270 Å². The minimum absolute atomic E-state index is 0.0229. The Labute approximate surface area is 424 Å². The highest BCUT2D eigenvalue weighted by atomic mass is 16.5. The van der Waals surface area contributed by atoms with E-state index in [1.54, 1.807) is 0 Å². The van der Waals surface area contributed by atoms with Gasteiger partial charge in [-0.15, -0.1) is 9.13 Å². The fraction of sp³-hybridized carbons (Fsp3) is 0.206. The van der Waals surface area contributed by atoms with Crippen molar-refractivity contribution in [3.05, 3.63) is 217 Å². The standard InChI is InChI=1S/C68H61N3O/c1-42(2)50-36-54(43(3)4)64-58(37-50)65-70(59-33-32-52(67(8,9)66(5,6)7)41-55(59)48-24-17-12-18-25-48)60-27-19-26-53-56-38-51(45-22-15-11-16-23-45)39-57-61-40-49(47-30-28-46(29-31-47)44-20-13-10-14-21-44)34-35-69(61)68(72-64,62(56)57)71(65)63(53)60/h10-43H,1-9H3/q+2. The average Bonchev–Trinajstić information content (AvgIpc) is 3.89. The summed E-state index contributed by atoms with van der Waals surface area (Å²) in [6.45, 7) is 21.1. The molecule has 5 heterocycles. The van der Waals surface area contributed by atoms with Gasteiger partial charge in [0.2, 0.25) is 5.69 Å². The monoisotopic (exact) mass is 935 g/mol. The second-order valence-corrected chi connectivity index (χ2v) is 22.6. The van der Waals surface area contributed by atoms with E-state index < -0.39 is 5.85 Å². The van der Waals surface area contributed by atoms with Crippen LogP contribution in [0.25, 0.3) is 95.0 Å². The molecule has 3 aliphatic heterocycles. The maximum Gasteiger partial charge on any atom is 0.499 e. The molecule has 0 amide bonds. The maximum absolute atomic E-state index is 8.16. The van der Waals surface area contributed by atoms with Crippen molar-refractivity contribution in [1.29, 1.82) is 0 Å². The number of ether oxygens (including phenoxy) is 1. The van der Waals surface area contributed by atoms with E-state index in [1.807, 2.05) is 0 Å². The molecule has 0 fully saturated rings. The summed E-state index contributed by atoms with van der Waals surface area (Å²) < 4.78 is 15.8. The van der Waals surface area contributed by atoms with Crippen molar-refractivity contribution in [3.63, 3.8) is 0 Å². The minimum atomic E-state index is -1.10. The van der Waals surface area contributed by atoms with Gasteiger partial charge in [-0.3, -0.25) is 0 Å². The smallest absolute Gasteiger partial charge is 0.392 e. The number of fused-ring (bicyclic) bond motifs is 5. The molecule has 0 radical (unpaired) electrons. The Morgan fingerprint density at radius 3 is 1.74 bits per heavy atom. The molecule has 0 aliphatic carbocycles. The number of imidazole rings is 1. The molecule has 10 aromatic rings. The van der Waals surface area contributed by atoms with Crippen LogP contribution >= 0.6 is 0 Å². The van der Waals surface area contributed by atoms with Gasteiger partial charge in [0.15, 0.2) is 23.0 Å². The second-order valence-electron chi connectivity index (χ2n) is 22.6. The second kappa shape index (κ2) is 15.8. The Balaban J connectivity index is 1.17. The molecule has 1 atom stereocenters. The van der Waals surface area contributed by atoms with E-state index in [4.69, 9.17) is 4.74 Å². The number of aromatic nitrogens is 3. The Morgan fingerprint density at radius 2 is 1.10 bits per heavy atom. The van der Waals surface area contributed by atoms with Crippen LogP contribution in [0.3, 0.4) is 0 Å². The van der Waals surface area contributed by atoms with Gasteiger partial charge in [-0.1, -0.05) is 196 Å².